The molecule has 0 radical (unpaired) electrons. The normalized spacial score (nSPS) is 18.8. The lowest BCUT2D eigenvalue weighted by Gasteiger charge is -2.49. The standard InChI is InChI=1S/C42H31F3N6O6S2/c43-28-16-17-30(32(45)31(28)44)50-19-18-23(37(50)53)20-24-21-58-39-34(38(54)51(39)35(24)40(55)56)48-36(52)33(29-22-59-41(46)47-29)49-57-42(25-10-4-1-5-11-25,26-12-6-2-7-13-26)27-14-8-3-9-15-27/h1-17,20,22,34,39H,18-19,21H2,(H2,46,47)(H,48,52)(H,55,56)/b23-20+,49-33-/t34-,39-/m1/s1. The first-order valence-corrected chi connectivity index (χ1v) is 19.9. The van der Waals surface area contributed by atoms with Crippen LogP contribution in [0.2, 0.25) is 0 Å². The first kappa shape index (κ1) is 39.1. The number of benzene rings is 4. The van der Waals surface area contributed by atoms with Gasteiger partial charge in [0, 0.05) is 39.9 Å². The molecule has 12 nitrogen and oxygen atoms in total. The molecule has 4 aromatic carbocycles. The number of halogens is 3. The van der Waals surface area contributed by atoms with Gasteiger partial charge in [0.15, 0.2) is 28.3 Å². The van der Waals surface area contributed by atoms with E-state index in [0.717, 1.165) is 39.0 Å². The van der Waals surface area contributed by atoms with Crippen LogP contribution in [-0.2, 0) is 29.6 Å². The fourth-order valence-corrected chi connectivity index (χ4v) is 9.12. The number of oxime groups is 1. The molecule has 2 saturated heterocycles. The second-order valence-corrected chi connectivity index (χ2v) is 15.5. The first-order chi connectivity index (χ1) is 28.5. The second kappa shape index (κ2) is 15.9. The highest BCUT2D eigenvalue weighted by molar-refractivity contribution is 8.00. The monoisotopic (exact) mass is 836 g/mol. The number of carboxylic acid groups (broad SMARTS) is 1. The van der Waals surface area contributed by atoms with Crippen LogP contribution in [0.15, 0.2) is 137 Å². The number of rotatable bonds is 11. The van der Waals surface area contributed by atoms with Crippen LogP contribution in [0.1, 0.15) is 28.8 Å². The molecule has 0 unspecified atom stereocenters. The highest BCUT2D eigenvalue weighted by atomic mass is 32.2. The van der Waals surface area contributed by atoms with Crippen LogP contribution in [0.4, 0.5) is 24.0 Å². The molecule has 5 aromatic rings. The number of β-lactam (4-membered cyclic amide) rings is 1. The van der Waals surface area contributed by atoms with E-state index in [1.54, 1.807) is 0 Å². The zero-order chi connectivity index (χ0) is 41.4. The van der Waals surface area contributed by atoms with E-state index in [4.69, 9.17) is 10.6 Å². The van der Waals surface area contributed by atoms with Gasteiger partial charge in [-0.25, -0.2) is 22.9 Å². The summed E-state index contributed by atoms with van der Waals surface area (Å²) in [6, 6.07) is 28.4. The van der Waals surface area contributed by atoms with Gasteiger partial charge in [0.05, 0.1) is 5.69 Å². The summed E-state index contributed by atoms with van der Waals surface area (Å²) >= 11 is 2.21. The molecule has 17 heteroatoms. The number of amides is 3. The van der Waals surface area contributed by atoms with Crippen molar-refractivity contribution in [3.8, 4) is 0 Å². The van der Waals surface area contributed by atoms with E-state index >= 15 is 0 Å². The molecule has 3 aliphatic rings. The summed E-state index contributed by atoms with van der Waals surface area (Å²) in [6.07, 6.45) is 1.36. The average molecular weight is 837 g/mol. The molecule has 4 N–H and O–H groups in total. The fraction of sp³-hybridized carbons (Fsp3) is 0.143. The number of thiazole rings is 1. The van der Waals surface area contributed by atoms with Crippen molar-refractivity contribution in [1.29, 1.82) is 0 Å². The van der Waals surface area contributed by atoms with Crippen molar-refractivity contribution in [3.63, 3.8) is 0 Å². The Balaban J connectivity index is 1.09. The molecule has 0 aliphatic carbocycles. The Hall–Kier alpha value is -6.72. The molecule has 2 fully saturated rings. The van der Waals surface area contributed by atoms with Crippen LogP contribution in [0, 0.1) is 17.5 Å². The number of anilines is 2. The SMILES string of the molecule is Nc1nc(/C(=N/OC(c2ccccc2)(c2ccccc2)c2ccccc2)C(=O)N[C@@H]2C(=O)N3C(C(=O)O)=C(/C=C4\CCN(c5ccc(F)c(F)c5F)C4=O)CS[C@H]23)cs1. The van der Waals surface area contributed by atoms with Crippen LogP contribution in [0.3, 0.4) is 0 Å². The Kier molecular flexibility index (Phi) is 10.5. The van der Waals surface area contributed by atoms with E-state index in [0.29, 0.717) is 22.8 Å². The molecule has 0 spiro atoms. The number of allylic oxidation sites excluding steroid dienone is 1. The Morgan fingerprint density at radius 1 is 0.915 bits per heavy atom. The zero-order valence-corrected chi connectivity index (χ0v) is 32.2. The highest BCUT2D eigenvalue weighted by Crippen LogP contribution is 2.43. The quantitative estimate of drug-likeness (QED) is 0.0364. The summed E-state index contributed by atoms with van der Waals surface area (Å²) in [5.74, 6) is -8.41. The Labute approximate surface area is 342 Å². The summed E-state index contributed by atoms with van der Waals surface area (Å²) < 4.78 is 42.1. The van der Waals surface area contributed by atoms with E-state index in [-0.39, 0.29) is 46.4 Å². The maximum absolute atomic E-state index is 14.6. The van der Waals surface area contributed by atoms with Gasteiger partial charge < -0.3 is 25.9 Å². The Morgan fingerprint density at radius 2 is 1.53 bits per heavy atom. The number of carboxylic acids is 1. The number of hydrogen-bond donors (Lipinski definition) is 3. The van der Waals surface area contributed by atoms with Gasteiger partial charge in [-0.2, -0.15) is 0 Å². The number of nitrogen functional groups attached to an aromatic ring is 1. The first-order valence-electron chi connectivity index (χ1n) is 18.0. The van der Waals surface area contributed by atoms with Crippen LogP contribution in [0.5, 0.6) is 0 Å². The Bertz CT molecular complexity index is 2490. The molecule has 0 bridgehead atoms. The van der Waals surface area contributed by atoms with Crippen molar-refractivity contribution in [2.24, 2.45) is 5.16 Å². The minimum atomic E-state index is -1.72. The zero-order valence-electron chi connectivity index (χ0n) is 30.6. The molecule has 0 saturated carbocycles. The number of fused-ring (bicyclic) bond motifs is 1. The van der Waals surface area contributed by atoms with Crippen molar-refractivity contribution in [2.45, 2.75) is 23.4 Å². The number of nitrogens with one attached hydrogen (secondary N) is 1. The largest absolute Gasteiger partial charge is 0.477 e. The number of aromatic nitrogens is 1. The van der Waals surface area contributed by atoms with Crippen molar-refractivity contribution in [2.75, 3.05) is 22.9 Å². The molecule has 3 aliphatic heterocycles. The van der Waals surface area contributed by atoms with E-state index < -0.39 is 69.5 Å². The molecule has 2 atom stereocenters. The number of hydrogen-bond acceptors (Lipinski definition) is 10. The maximum Gasteiger partial charge on any atom is 0.352 e. The lowest BCUT2D eigenvalue weighted by Crippen LogP contribution is -2.71. The predicted octanol–water partition coefficient (Wildman–Crippen LogP) is 5.96. The predicted molar refractivity (Wildman–Crippen MR) is 214 cm³/mol. The van der Waals surface area contributed by atoms with Gasteiger partial charge >= 0.3 is 5.97 Å². The number of thioether (sulfide) groups is 1. The number of carbonyl (C=O) groups excluding carboxylic acids is 3. The molecule has 1 aromatic heterocycles. The van der Waals surface area contributed by atoms with E-state index in [1.807, 2.05) is 91.0 Å². The third-order valence-corrected chi connectivity index (χ3v) is 12.0. The van der Waals surface area contributed by atoms with Crippen molar-refractivity contribution < 1.29 is 42.3 Å². The van der Waals surface area contributed by atoms with Crippen molar-refractivity contribution in [1.82, 2.24) is 15.2 Å². The molecular formula is C42H31F3N6O6S2. The van der Waals surface area contributed by atoms with E-state index in [2.05, 4.69) is 15.5 Å². The van der Waals surface area contributed by atoms with Gasteiger partial charge in [-0.1, -0.05) is 96.2 Å². The third kappa shape index (κ3) is 7.01. The lowest BCUT2D eigenvalue weighted by atomic mass is 9.80. The second-order valence-electron chi connectivity index (χ2n) is 13.5. The van der Waals surface area contributed by atoms with Gasteiger partial charge in [-0.15, -0.1) is 23.1 Å². The third-order valence-electron chi connectivity index (χ3n) is 10.1. The van der Waals surface area contributed by atoms with Gasteiger partial charge in [0.2, 0.25) is 5.60 Å². The van der Waals surface area contributed by atoms with Crippen LogP contribution in [-0.4, -0.2) is 68.1 Å². The summed E-state index contributed by atoms with van der Waals surface area (Å²) in [4.78, 5) is 66.7. The van der Waals surface area contributed by atoms with Gasteiger partial charge in [0.1, 0.15) is 22.8 Å². The summed E-state index contributed by atoms with van der Waals surface area (Å²) in [5, 5.41) is 18.3. The summed E-state index contributed by atoms with van der Waals surface area (Å²) in [6.45, 7) is -0.0731. The molecule has 8 rings (SSSR count). The summed E-state index contributed by atoms with van der Waals surface area (Å²) in [5.41, 5.74) is 5.84. The van der Waals surface area contributed by atoms with Crippen LogP contribution >= 0.6 is 23.1 Å². The molecule has 3 amide bonds. The lowest BCUT2D eigenvalue weighted by molar-refractivity contribution is -0.150. The average Bonchev–Trinajstić information content (AvgIpc) is 3.85. The molecule has 59 heavy (non-hydrogen) atoms. The molecule has 298 valence electrons. The van der Waals surface area contributed by atoms with E-state index in [1.165, 1.54) is 11.5 Å². The maximum atomic E-state index is 14.6. The van der Waals surface area contributed by atoms with E-state index in [9.17, 15) is 37.5 Å². The smallest absolute Gasteiger partial charge is 0.352 e. The van der Waals surface area contributed by atoms with Crippen molar-refractivity contribution >= 4 is 63.3 Å². The molecular weight excluding hydrogens is 806 g/mol. The van der Waals surface area contributed by atoms with Gasteiger partial charge in [-0.3, -0.25) is 19.3 Å². The fourth-order valence-electron chi connectivity index (χ4n) is 7.27. The summed E-state index contributed by atoms with van der Waals surface area (Å²) in [7, 11) is 0. The van der Waals surface area contributed by atoms with Crippen molar-refractivity contribution in [3.05, 3.63) is 171 Å². The Morgan fingerprint density at radius 3 is 2.08 bits per heavy atom. The molecule has 4 heterocycles. The van der Waals surface area contributed by atoms with Crippen LogP contribution < -0.4 is 16.0 Å². The van der Waals surface area contributed by atoms with Gasteiger partial charge in [0.25, 0.3) is 17.7 Å². The number of carbonyl (C=O) groups is 4. The van der Waals surface area contributed by atoms with Gasteiger partial charge in [-0.05, 0) is 30.2 Å². The highest BCUT2D eigenvalue weighted by Gasteiger charge is 2.54. The minimum Gasteiger partial charge on any atom is -0.477 e. The number of nitrogens with zero attached hydrogens (tertiary/aromatic N) is 4. The number of nitrogens with two attached hydrogens (primary N) is 1. The van der Waals surface area contributed by atoms with Crippen LogP contribution in [0.25, 0.3) is 0 Å². The number of aliphatic carboxylic acids is 1. The topological polar surface area (TPSA) is 168 Å². The minimum absolute atomic E-state index is 0.0131.